The highest BCUT2D eigenvalue weighted by Crippen LogP contribution is 2.44. The Kier molecular flexibility index (Phi) is 3.27. The minimum atomic E-state index is 0.502. The molecular formula is C12H20N4. The van der Waals surface area contributed by atoms with Gasteiger partial charge in [0, 0.05) is 19.2 Å². The van der Waals surface area contributed by atoms with Gasteiger partial charge in [-0.05, 0) is 24.7 Å². The standard InChI is InChI=1S/C12H20N4/c1-3-6-13-10-7-11(16-9-15-10)14-8-12(2)4-5-12/h7,9H,3-6,8H2,1-2H3,(H2,13,14,15,16). The Hall–Kier alpha value is -1.32. The van der Waals surface area contributed by atoms with Gasteiger partial charge < -0.3 is 10.6 Å². The summed E-state index contributed by atoms with van der Waals surface area (Å²) in [7, 11) is 0. The third-order valence-electron chi connectivity index (χ3n) is 3.02. The average Bonchev–Trinajstić information content (AvgIpc) is 3.03. The molecule has 88 valence electrons. The molecule has 4 heteroatoms. The van der Waals surface area contributed by atoms with E-state index >= 15 is 0 Å². The van der Waals surface area contributed by atoms with Gasteiger partial charge in [0.15, 0.2) is 0 Å². The van der Waals surface area contributed by atoms with Gasteiger partial charge in [-0.1, -0.05) is 13.8 Å². The van der Waals surface area contributed by atoms with E-state index in [0.717, 1.165) is 31.1 Å². The fraction of sp³-hybridized carbons (Fsp3) is 0.667. The van der Waals surface area contributed by atoms with E-state index in [0.29, 0.717) is 5.41 Å². The van der Waals surface area contributed by atoms with Crippen molar-refractivity contribution < 1.29 is 0 Å². The van der Waals surface area contributed by atoms with Crippen molar-refractivity contribution in [1.82, 2.24) is 9.97 Å². The topological polar surface area (TPSA) is 49.8 Å². The van der Waals surface area contributed by atoms with E-state index in [4.69, 9.17) is 0 Å². The quantitative estimate of drug-likeness (QED) is 0.773. The third kappa shape index (κ3) is 3.08. The first-order chi connectivity index (χ1) is 7.72. The Morgan fingerprint density at radius 3 is 2.56 bits per heavy atom. The SMILES string of the molecule is CCCNc1cc(NCC2(C)CC2)ncn1. The van der Waals surface area contributed by atoms with Gasteiger partial charge in [0.1, 0.15) is 18.0 Å². The van der Waals surface area contributed by atoms with Crippen LogP contribution < -0.4 is 10.6 Å². The number of anilines is 2. The van der Waals surface area contributed by atoms with Crippen LogP contribution in [0.5, 0.6) is 0 Å². The molecule has 1 heterocycles. The third-order valence-corrected chi connectivity index (χ3v) is 3.02. The Labute approximate surface area is 96.9 Å². The molecule has 1 aromatic rings. The summed E-state index contributed by atoms with van der Waals surface area (Å²) < 4.78 is 0. The van der Waals surface area contributed by atoms with Crippen LogP contribution in [-0.4, -0.2) is 23.1 Å². The Balaban J connectivity index is 1.88. The molecule has 0 unspecified atom stereocenters. The number of hydrogen-bond donors (Lipinski definition) is 2. The van der Waals surface area contributed by atoms with Crippen molar-refractivity contribution in [1.29, 1.82) is 0 Å². The van der Waals surface area contributed by atoms with E-state index in [1.54, 1.807) is 6.33 Å². The lowest BCUT2D eigenvalue weighted by molar-refractivity contribution is 0.609. The maximum Gasteiger partial charge on any atom is 0.131 e. The van der Waals surface area contributed by atoms with Crippen LogP contribution in [0.4, 0.5) is 11.6 Å². The zero-order valence-electron chi connectivity index (χ0n) is 10.1. The summed E-state index contributed by atoms with van der Waals surface area (Å²) in [5, 5.41) is 6.63. The number of rotatable bonds is 6. The second kappa shape index (κ2) is 4.68. The maximum absolute atomic E-state index is 4.22. The highest BCUT2D eigenvalue weighted by atomic mass is 15.1. The smallest absolute Gasteiger partial charge is 0.131 e. The molecule has 1 aliphatic carbocycles. The van der Waals surface area contributed by atoms with Crippen molar-refractivity contribution in [2.45, 2.75) is 33.1 Å². The molecule has 1 saturated carbocycles. The second-order valence-electron chi connectivity index (χ2n) is 4.88. The second-order valence-corrected chi connectivity index (χ2v) is 4.88. The fourth-order valence-corrected chi connectivity index (χ4v) is 1.50. The normalized spacial score (nSPS) is 16.9. The van der Waals surface area contributed by atoms with E-state index in [2.05, 4.69) is 34.4 Å². The zero-order chi connectivity index (χ0) is 11.4. The molecule has 16 heavy (non-hydrogen) atoms. The summed E-state index contributed by atoms with van der Waals surface area (Å²) in [5.74, 6) is 1.82. The summed E-state index contributed by atoms with van der Waals surface area (Å²) in [6.07, 6.45) is 5.36. The van der Waals surface area contributed by atoms with Crippen LogP contribution in [-0.2, 0) is 0 Å². The minimum Gasteiger partial charge on any atom is -0.370 e. The Bertz CT molecular complexity index is 347. The molecule has 0 radical (unpaired) electrons. The summed E-state index contributed by atoms with van der Waals surface area (Å²) in [4.78, 5) is 8.39. The van der Waals surface area contributed by atoms with Gasteiger partial charge in [-0.3, -0.25) is 0 Å². The number of hydrogen-bond acceptors (Lipinski definition) is 4. The predicted molar refractivity (Wildman–Crippen MR) is 66.6 cm³/mol. The lowest BCUT2D eigenvalue weighted by Gasteiger charge is -2.11. The highest BCUT2D eigenvalue weighted by Gasteiger charge is 2.36. The van der Waals surface area contributed by atoms with Crippen molar-refractivity contribution in [3.63, 3.8) is 0 Å². The lowest BCUT2D eigenvalue weighted by atomic mass is 10.1. The molecule has 1 aromatic heterocycles. The largest absolute Gasteiger partial charge is 0.370 e. The lowest BCUT2D eigenvalue weighted by Crippen LogP contribution is -2.13. The number of aromatic nitrogens is 2. The first-order valence-electron chi connectivity index (χ1n) is 6.02. The van der Waals surface area contributed by atoms with Gasteiger partial charge >= 0.3 is 0 Å². The van der Waals surface area contributed by atoms with Gasteiger partial charge in [0.25, 0.3) is 0 Å². The van der Waals surface area contributed by atoms with Crippen LogP contribution in [0.25, 0.3) is 0 Å². The van der Waals surface area contributed by atoms with Crippen molar-refractivity contribution in [3.05, 3.63) is 12.4 Å². The number of nitrogens with zero attached hydrogens (tertiary/aromatic N) is 2. The van der Waals surface area contributed by atoms with Gasteiger partial charge in [-0.2, -0.15) is 0 Å². The summed E-state index contributed by atoms with van der Waals surface area (Å²) in [6, 6.07) is 1.97. The van der Waals surface area contributed by atoms with Crippen molar-refractivity contribution in [2.24, 2.45) is 5.41 Å². The highest BCUT2D eigenvalue weighted by molar-refractivity contribution is 5.46. The molecule has 0 bridgehead atoms. The monoisotopic (exact) mass is 220 g/mol. The molecule has 0 aromatic carbocycles. The average molecular weight is 220 g/mol. The van der Waals surface area contributed by atoms with Gasteiger partial charge in [-0.15, -0.1) is 0 Å². The van der Waals surface area contributed by atoms with E-state index in [9.17, 15) is 0 Å². The summed E-state index contributed by atoms with van der Waals surface area (Å²) in [5.41, 5.74) is 0.502. The minimum absolute atomic E-state index is 0.502. The van der Waals surface area contributed by atoms with Gasteiger partial charge in [-0.25, -0.2) is 9.97 Å². The molecule has 2 rings (SSSR count). The van der Waals surface area contributed by atoms with E-state index in [1.807, 2.05) is 6.07 Å². The predicted octanol–water partition coefficient (Wildman–Crippen LogP) is 2.51. The van der Waals surface area contributed by atoms with E-state index in [-0.39, 0.29) is 0 Å². The van der Waals surface area contributed by atoms with E-state index < -0.39 is 0 Å². The van der Waals surface area contributed by atoms with Crippen molar-refractivity contribution >= 4 is 11.6 Å². The first-order valence-corrected chi connectivity index (χ1v) is 6.02. The van der Waals surface area contributed by atoms with Crippen LogP contribution in [0.15, 0.2) is 12.4 Å². The molecule has 1 fully saturated rings. The molecule has 0 spiro atoms. The first kappa shape index (κ1) is 11.2. The number of nitrogens with one attached hydrogen (secondary N) is 2. The maximum atomic E-state index is 4.22. The molecular weight excluding hydrogens is 200 g/mol. The van der Waals surface area contributed by atoms with Crippen LogP contribution in [0.3, 0.4) is 0 Å². The van der Waals surface area contributed by atoms with Gasteiger partial charge in [0.2, 0.25) is 0 Å². The van der Waals surface area contributed by atoms with Crippen LogP contribution >= 0.6 is 0 Å². The molecule has 0 amide bonds. The molecule has 2 N–H and O–H groups in total. The van der Waals surface area contributed by atoms with Crippen molar-refractivity contribution in [2.75, 3.05) is 23.7 Å². The summed E-state index contributed by atoms with van der Waals surface area (Å²) in [6.45, 7) is 6.41. The zero-order valence-corrected chi connectivity index (χ0v) is 10.1. The summed E-state index contributed by atoms with van der Waals surface area (Å²) >= 11 is 0. The molecule has 0 aliphatic heterocycles. The fourth-order valence-electron chi connectivity index (χ4n) is 1.50. The molecule has 4 nitrogen and oxygen atoms in total. The van der Waals surface area contributed by atoms with Crippen LogP contribution in [0.2, 0.25) is 0 Å². The van der Waals surface area contributed by atoms with E-state index in [1.165, 1.54) is 12.8 Å². The van der Waals surface area contributed by atoms with Crippen LogP contribution in [0, 0.1) is 5.41 Å². The van der Waals surface area contributed by atoms with Gasteiger partial charge in [0.05, 0.1) is 0 Å². The molecule has 0 atom stereocenters. The molecule has 1 aliphatic rings. The Morgan fingerprint density at radius 1 is 1.25 bits per heavy atom. The van der Waals surface area contributed by atoms with Crippen molar-refractivity contribution in [3.8, 4) is 0 Å². The molecule has 0 saturated heterocycles. The Morgan fingerprint density at radius 2 is 1.94 bits per heavy atom. The van der Waals surface area contributed by atoms with Crippen LogP contribution in [0.1, 0.15) is 33.1 Å².